The number of H-pyrrole nitrogens is 1. The number of esters is 1. The largest absolute Gasteiger partial charge is 1.00 e. The molecule has 0 saturated heterocycles. The van der Waals surface area contributed by atoms with Crippen molar-refractivity contribution in [2.45, 2.75) is 0 Å². The number of benzene rings is 2. The monoisotopic (exact) mass is 686 g/mol. The van der Waals surface area contributed by atoms with Crippen LogP contribution in [0.4, 0.5) is 0 Å². The summed E-state index contributed by atoms with van der Waals surface area (Å²) in [6, 6.07) is 17.6. The summed E-state index contributed by atoms with van der Waals surface area (Å²) in [6.45, 7) is -0.181. The van der Waals surface area contributed by atoms with Gasteiger partial charge in [-0.3, -0.25) is 14.6 Å². The van der Waals surface area contributed by atoms with Crippen LogP contribution in [0.2, 0.25) is 0 Å². The van der Waals surface area contributed by atoms with Crippen LogP contribution in [-0.4, -0.2) is 55.5 Å². The van der Waals surface area contributed by atoms with Gasteiger partial charge in [0.15, 0.2) is 0 Å². The van der Waals surface area contributed by atoms with Crippen LogP contribution in [0.15, 0.2) is 73.1 Å². The van der Waals surface area contributed by atoms with Gasteiger partial charge >= 0.3 is 115 Å². The number of rotatable bonds is 5. The van der Waals surface area contributed by atoms with Crippen LogP contribution in [0.25, 0.3) is 22.5 Å². The van der Waals surface area contributed by atoms with Gasteiger partial charge in [-0.1, -0.05) is 46.9 Å². The summed E-state index contributed by atoms with van der Waals surface area (Å²) < 4.78 is 6.37. The van der Waals surface area contributed by atoms with Gasteiger partial charge in [0.05, 0.1) is 29.6 Å². The number of aryl methyl sites for hydroxylation is 1. The van der Waals surface area contributed by atoms with E-state index in [1.165, 1.54) is 7.11 Å². The number of aromatic carboxylic acids is 1. The normalized spacial score (nSPS) is 8.66. The zero-order valence-corrected chi connectivity index (χ0v) is 30.0. The van der Waals surface area contributed by atoms with Crippen LogP contribution in [0, 0.1) is 0 Å². The Morgan fingerprint density at radius 2 is 1.53 bits per heavy atom. The Kier molecular flexibility index (Phi) is 23.8. The summed E-state index contributed by atoms with van der Waals surface area (Å²) in [5.74, 6) is -1.24. The Labute approximate surface area is 320 Å². The van der Waals surface area contributed by atoms with E-state index in [9.17, 15) is 9.59 Å². The zero-order valence-electron chi connectivity index (χ0n) is 22.6. The summed E-state index contributed by atoms with van der Waals surface area (Å²) in [4.78, 5) is 35.0. The quantitative estimate of drug-likeness (QED) is 0.0432. The molecule has 14 heteroatoms. The summed E-state index contributed by atoms with van der Waals surface area (Å²) in [7, 11) is 3.24. The smallest absolute Gasteiger partial charge is 1.00 e. The maximum atomic E-state index is 11.2. The van der Waals surface area contributed by atoms with Crippen LogP contribution in [0.3, 0.4) is 0 Å². The van der Waals surface area contributed by atoms with Crippen molar-refractivity contribution in [1.82, 2.24) is 20.0 Å². The number of ether oxygens (including phenoxy) is 1. The van der Waals surface area contributed by atoms with Gasteiger partial charge in [-0.15, -0.1) is 0 Å². The molecule has 0 radical (unpaired) electrons. The first-order valence-corrected chi connectivity index (χ1v) is 12.2. The average molecular weight is 687 g/mol. The van der Waals surface area contributed by atoms with E-state index < -0.39 is 5.97 Å². The number of aromatic amines is 1. The molecule has 2 heterocycles. The molecule has 0 aliphatic rings. The average Bonchev–Trinajstić information content (AvgIpc) is 3.62. The van der Waals surface area contributed by atoms with E-state index in [0.717, 1.165) is 22.5 Å². The number of nitrogens with one attached hydrogen (secondary N) is 1. The molecular weight excluding hydrogens is 661 g/mol. The number of carboxylic acids is 1. The maximum absolute atomic E-state index is 11.2. The number of nitrogens with zero attached hydrogens (tertiary/aromatic N) is 3. The van der Waals surface area contributed by atoms with Gasteiger partial charge in [-0.05, 0) is 46.9 Å². The fourth-order valence-electron chi connectivity index (χ4n) is 2.67. The van der Waals surface area contributed by atoms with Crippen LogP contribution in [-0.2, 0) is 21.5 Å². The number of methoxy groups -OCH3 is 1. The molecule has 4 rings (SSSR count). The second-order valence-electron chi connectivity index (χ2n) is 6.49. The van der Waals surface area contributed by atoms with Crippen molar-refractivity contribution >= 4 is 41.0 Å². The van der Waals surface area contributed by atoms with E-state index in [2.05, 4.69) is 47.5 Å². The van der Waals surface area contributed by atoms with Crippen LogP contribution in [0.5, 0.6) is 0 Å². The van der Waals surface area contributed by atoms with Crippen molar-refractivity contribution < 1.29 is 139 Å². The van der Waals surface area contributed by atoms with Gasteiger partial charge in [0.1, 0.15) is 0 Å². The second kappa shape index (κ2) is 23.0. The van der Waals surface area contributed by atoms with Gasteiger partial charge in [0.2, 0.25) is 0 Å². The fraction of sp³-hybridized carbons (Fsp3) is 0.125. The van der Waals surface area contributed by atoms with Crippen molar-refractivity contribution in [2.75, 3.05) is 12.0 Å². The third kappa shape index (κ3) is 14.0. The van der Waals surface area contributed by atoms with Crippen LogP contribution >= 0.6 is 22.6 Å². The summed E-state index contributed by atoms with van der Waals surface area (Å²) in [6.07, 6.45) is 3.53. The maximum Gasteiger partial charge on any atom is 1.00 e. The number of hydrogen-bond donors (Lipinski definition) is 2. The first-order valence-electron chi connectivity index (χ1n) is 10.0. The van der Waals surface area contributed by atoms with Crippen molar-refractivity contribution in [3.63, 3.8) is 0 Å². The van der Waals surface area contributed by atoms with Gasteiger partial charge in [-0.2, -0.15) is 10.2 Å². The van der Waals surface area contributed by atoms with Crippen LogP contribution < -0.4 is 108 Å². The van der Waals surface area contributed by atoms with Gasteiger partial charge in [0.25, 0.3) is 6.47 Å². The number of alkyl halides is 1. The fourth-order valence-corrected chi connectivity index (χ4v) is 2.67. The third-order valence-corrected chi connectivity index (χ3v) is 4.30. The van der Waals surface area contributed by atoms with Gasteiger partial charge in [0, 0.05) is 25.0 Å². The molecule has 4 aromatic rings. The van der Waals surface area contributed by atoms with E-state index in [0.29, 0.717) is 5.56 Å². The minimum Gasteiger partial charge on any atom is -1.00 e. The Bertz CT molecular complexity index is 1210. The molecule has 0 unspecified atom stereocenters. The first kappa shape index (κ1) is 39.4. The Morgan fingerprint density at radius 1 is 1.00 bits per heavy atom. The minimum atomic E-state index is -0.916. The number of carbonyl (C=O) groups is 3. The third-order valence-electron chi connectivity index (χ3n) is 4.30. The SMILES string of the molecule is CI.COC(=O)c1ccc(-c2ccn(C)n2)cc1.O=C(O)c1ccc(-c2ccn[nH]2)cc1.O=CO[O-].[H-].[K+].[K+]. The van der Waals surface area contributed by atoms with E-state index >= 15 is 0 Å². The van der Waals surface area contributed by atoms with E-state index in [-0.39, 0.29) is 122 Å². The molecule has 38 heavy (non-hydrogen) atoms. The molecule has 2 N–H and O–H groups in total. The first-order chi connectivity index (χ1) is 17.4. The van der Waals surface area contributed by atoms with E-state index in [1.54, 1.807) is 47.3 Å². The number of aromatic nitrogens is 4. The van der Waals surface area contributed by atoms with Crippen molar-refractivity contribution in [1.29, 1.82) is 0 Å². The number of carbonyl (C=O) groups excluding carboxylic acids is 2. The predicted molar refractivity (Wildman–Crippen MR) is 139 cm³/mol. The zero-order chi connectivity index (χ0) is 26.9. The Balaban J connectivity index is -0.000000523. The predicted octanol–water partition coefficient (Wildman–Crippen LogP) is -2.74. The number of carboxylic acid groups (broad SMARTS) is 1. The van der Waals surface area contributed by atoms with Crippen LogP contribution in [0.1, 0.15) is 22.1 Å². The summed E-state index contributed by atoms with van der Waals surface area (Å²) >= 11 is 2.15. The minimum absolute atomic E-state index is 0. The molecular formula is C24H25IK2N4O7. The molecule has 0 fully saturated rings. The van der Waals surface area contributed by atoms with E-state index in [4.69, 9.17) is 15.2 Å². The van der Waals surface area contributed by atoms with Gasteiger partial charge in [-0.25, -0.2) is 9.59 Å². The van der Waals surface area contributed by atoms with Crippen molar-refractivity contribution in [2.24, 2.45) is 7.05 Å². The molecule has 0 spiro atoms. The van der Waals surface area contributed by atoms with Crippen molar-refractivity contribution in [3.8, 4) is 22.5 Å². The molecule has 11 nitrogen and oxygen atoms in total. The molecule has 0 bridgehead atoms. The molecule has 0 aliphatic heterocycles. The number of halogens is 1. The topological polar surface area (TPSA) is 159 Å². The second-order valence-corrected chi connectivity index (χ2v) is 6.49. The molecule has 2 aromatic carbocycles. The standard InChI is InChI=1S/C12H12N2O2.C10H8N2O2.CH3I.CH2O3.2K.H/c1-14-8-7-11(13-14)9-3-5-10(6-4-9)12(15)16-2;13-10(14)8-3-1-7(2-4-8)9-5-6-11-12-9;1-2;2-1-4-3;;;/h3-8H,1-2H3;1-6H,(H,11,12)(H,13,14);1H3;1,3H;;;/q;;;;2*+1;-1/p-1. The molecule has 0 saturated carbocycles. The van der Waals surface area contributed by atoms with E-state index in [1.807, 2.05) is 42.4 Å². The molecule has 0 atom stereocenters. The molecule has 0 amide bonds. The summed E-state index contributed by atoms with van der Waals surface area (Å²) in [5.41, 5.74) is 4.50. The molecule has 192 valence electrons. The van der Waals surface area contributed by atoms with Gasteiger partial charge < -0.3 is 21.4 Å². The Hall–Kier alpha value is -0.767. The van der Waals surface area contributed by atoms with Crippen molar-refractivity contribution in [3.05, 3.63) is 84.2 Å². The Morgan fingerprint density at radius 3 is 1.92 bits per heavy atom. The molecule has 2 aromatic heterocycles. The number of hydrogen-bond acceptors (Lipinski definition) is 8. The molecule has 0 aliphatic carbocycles. The summed E-state index contributed by atoms with van der Waals surface area (Å²) in [5, 5.41) is 28.0.